The van der Waals surface area contributed by atoms with E-state index < -0.39 is 0 Å². The smallest absolute Gasteiger partial charge is 0.0991 e. The van der Waals surface area contributed by atoms with E-state index >= 15 is 0 Å². The molecular weight excluding hydrogens is 555 g/mol. The van der Waals surface area contributed by atoms with Crippen LogP contribution in [0.15, 0.2) is 137 Å². The van der Waals surface area contributed by atoms with Crippen LogP contribution in [0.3, 0.4) is 0 Å². The molecule has 1 aliphatic rings. The molecule has 5 aromatic carbocycles. The fourth-order valence-electron chi connectivity index (χ4n) is 6.33. The molecule has 0 saturated carbocycles. The molecule has 0 atom stereocenters. The van der Waals surface area contributed by atoms with Crippen molar-refractivity contribution in [3.63, 3.8) is 0 Å². The summed E-state index contributed by atoms with van der Waals surface area (Å²) in [6.45, 7) is 4.64. The Bertz CT molecular complexity index is 2310. The number of hydrogen-bond acceptors (Lipinski definition) is 4. The van der Waals surface area contributed by atoms with Crippen molar-refractivity contribution < 1.29 is 0 Å². The summed E-state index contributed by atoms with van der Waals surface area (Å²) in [5.41, 5.74) is 11.2. The van der Waals surface area contributed by atoms with Gasteiger partial charge in [-0.15, -0.1) is 0 Å². The SMILES string of the molecule is CC1(C)c2ccccc2Sc2cc(-c3cccc(-c4ccc5ccc6ccc(-c7cccc(C#N)c7)nc6c5n4)c3)ccc21. The molecule has 0 unspecified atom stereocenters. The molecule has 2 aromatic heterocycles. The van der Waals surface area contributed by atoms with Crippen molar-refractivity contribution >= 4 is 33.6 Å². The lowest BCUT2D eigenvalue weighted by Crippen LogP contribution is -2.23. The molecular formula is C40H27N3S. The molecule has 0 saturated heterocycles. The Labute approximate surface area is 260 Å². The van der Waals surface area contributed by atoms with Crippen LogP contribution >= 0.6 is 11.8 Å². The van der Waals surface area contributed by atoms with E-state index in [9.17, 15) is 5.26 Å². The van der Waals surface area contributed by atoms with E-state index in [1.807, 2.05) is 42.1 Å². The predicted molar refractivity (Wildman–Crippen MR) is 181 cm³/mol. The highest BCUT2D eigenvalue weighted by molar-refractivity contribution is 7.99. The fraction of sp³-hybridized carbons (Fsp3) is 0.0750. The summed E-state index contributed by atoms with van der Waals surface area (Å²) in [7, 11) is 0. The Morgan fingerprint density at radius 1 is 0.545 bits per heavy atom. The number of aromatic nitrogens is 2. The maximum absolute atomic E-state index is 9.38. The second-order valence-electron chi connectivity index (χ2n) is 11.8. The summed E-state index contributed by atoms with van der Waals surface area (Å²) >= 11 is 1.86. The van der Waals surface area contributed by atoms with Crippen LogP contribution in [0.4, 0.5) is 0 Å². The molecule has 0 fully saturated rings. The Hall–Kier alpha value is -5.24. The van der Waals surface area contributed by atoms with Crippen LogP contribution < -0.4 is 0 Å². The molecule has 1 aliphatic heterocycles. The largest absolute Gasteiger partial charge is 0.245 e. The zero-order valence-corrected chi connectivity index (χ0v) is 25.2. The Balaban J connectivity index is 1.20. The zero-order chi connectivity index (χ0) is 29.8. The number of nitriles is 1. The highest BCUT2D eigenvalue weighted by atomic mass is 32.2. The van der Waals surface area contributed by atoms with Crippen LogP contribution in [0.1, 0.15) is 30.5 Å². The van der Waals surface area contributed by atoms with Gasteiger partial charge in [0, 0.05) is 37.1 Å². The van der Waals surface area contributed by atoms with Crippen molar-refractivity contribution in [3.05, 3.63) is 144 Å². The molecule has 0 N–H and O–H groups in total. The quantitative estimate of drug-likeness (QED) is 0.195. The number of hydrogen-bond donors (Lipinski definition) is 0. The number of pyridine rings is 2. The third-order valence-electron chi connectivity index (χ3n) is 8.73. The Morgan fingerprint density at radius 3 is 1.86 bits per heavy atom. The fourth-order valence-corrected chi connectivity index (χ4v) is 7.77. The van der Waals surface area contributed by atoms with Gasteiger partial charge in [0.05, 0.1) is 34.1 Å². The lowest BCUT2D eigenvalue weighted by Gasteiger charge is -2.34. The first-order chi connectivity index (χ1) is 21.5. The Morgan fingerprint density at radius 2 is 1.14 bits per heavy atom. The van der Waals surface area contributed by atoms with Crippen LogP contribution in [0.25, 0.3) is 55.4 Å². The molecule has 44 heavy (non-hydrogen) atoms. The van der Waals surface area contributed by atoms with Gasteiger partial charge in [-0.3, -0.25) is 0 Å². The molecule has 3 nitrogen and oxygen atoms in total. The van der Waals surface area contributed by atoms with Crippen molar-refractivity contribution in [3.8, 4) is 39.7 Å². The van der Waals surface area contributed by atoms with E-state index in [-0.39, 0.29) is 5.41 Å². The third kappa shape index (κ3) is 4.37. The maximum Gasteiger partial charge on any atom is 0.0991 e. The first-order valence-corrected chi connectivity index (χ1v) is 15.5. The van der Waals surface area contributed by atoms with E-state index in [1.54, 1.807) is 0 Å². The molecule has 208 valence electrons. The van der Waals surface area contributed by atoms with Gasteiger partial charge in [0.25, 0.3) is 0 Å². The van der Waals surface area contributed by atoms with Gasteiger partial charge in [0.15, 0.2) is 0 Å². The van der Waals surface area contributed by atoms with Gasteiger partial charge < -0.3 is 0 Å². The van der Waals surface area contributed by atoms with Crippen molar-refractivity contribution in [2.75, 3.05) is 0 Å². The van der Waals surface area contributed by atoms with Crippen molar-refractivity contribution in [1.82, 2.24) is 9.97 Å². The molecule has 3 heterocycles. The molecule has 7 aromatic rings. The average molecular weight is 582 g/mol. The minimum absolute atomic E-state index is 0.0399. The summed E-state index contributed by atoms with van der Waals surface area (Å²) in [5.74, 6) is 0. The third-order valence-corrected chi connectivity index (χ3v) is 9.87. The molecule has 8 rings (SSSR count). The molecule has 0 spiro atoms. The first-order valence-electron chi connectivity index (χ1n) is 14.7. The van der Waals surface area contributed by atoms with Crippen LogP contribution in [0.2, 0.25) is 0 Å². The maximum atomic E-state index is 9.38. The number of benzene rings is 5. The van der Waals surface area contributed by atoms with E-state index in [0.29, 0.717) is 5.56 Å². The monoisotopic (exact) mass is 581 g/mol. The summed E-state index contributed by atoms with van der Waals surface area (Å²) < 4.78 is 0. The summed E-state index contributed by atoms with van der Waals surface area (Å²) in [5, 5.41) is 11.5. The summed E-state index contributed by atoms with van der Waals surface area (Å²) in [6, 6.07) is 46.6. The summed E-state index contributed by atoms with van der Waals surface area (Å²) in [6.07, 6.45) is 0. The van der Waals surface area contributed by atoms with E-state index in [2.05, 4.69) is 117 Å². The molecule has 4 heteroatoms. The van der Waals surface area contributed by atoms with Crippen LogP contribution in [0.5, 0.6) is 0 Å². The molecule has 0 amide bonds. The van der Waals surface area contributed by atoms with Gasteiger partial charge >= 0.3 is 0 Å². The standard InChI is InChI=1S/C40H27N3S/c1-40(2)32-11-3-4-12-36(32)44-37-23-29(15-18-33(37)40)28-8-6-10-31(22-28)35-20-17-27-14-13-26-16-19-34(42-38(26)39(27)43-35)30-9-5-7-25(21-30)24-41/h3-23H,1-2H3. The first kappa shape index (κ1) is 26.4. The van der Waals surface area contributed by atoms with Gasteiger partial charge in [-0.05, 0) is 64.7 Å². The van der Waals surface area contributed by atoms with E-state index in [0.717, 1.165) is 44.3 Å². The van der Waals surface area contributed by atoms with Gasteiger partial charge in [-0.1, -0.05) is 111 Å². The van der Waals surface area contributed by atoms with Crippen LogP contribution in [-0.4, -0.2) is 9.97 Å². The molecule has 0 radical (unpaired) electrons. The van der Waals surface area contributed by atoms with Gasteiger partial charge in [-0.25, -0.2) is 9.97 Å². The minimum atomic E-state index is -0.0399. The van der Waals surface area contributed by atoms with Gasteiger partial charge in [-0.2, -0.15) is 5.26 Å². The Kier molecular flexibility index (Phi) is 6.11. The average Bonchev–Trinajstić information content (AvgIpc) is 3.07. The zero-order valence-electron chi connectivity index (χ0n) is 24.4. The topological polar surface area (TPSA) is 49.6 Å². The van der Waals surface area contributed by atoms with Gasteiger partial charge in [0.2, 0.25) is 0 Å². The van der Waals surface area contributed by atoms with Crippen LogP contribution in [0, 0.1) is 11.3 Å². The van der Waals surface area contributed by atoms with Crippen molar-refractivity contribution in [2.24, 2.45) is 0 Å². The molecule has 0 aliphatic carbocycles. The highest BCUT2D eigenvalue weighted by Crippen LogP contribution is 2.49. The normalized spacial score (nSPS) is 13.3. The second kappa shape index (κ2) is 10.2. The predicted octanol–water partition coefficient (Wildman–Crippen LogP) is 10.4. The van der Waals surface area contributed by atoms with E-state index in [4.69, 9.17) is 9.97 Å². The number of fused-ring (bicyclic) bond motifs is 5. The van der Waals surface area contributed by atoms with E-state index in [1.165, 1.54) is 32.0 Å². The number of rotatable bonds is 3. The van der Waals surface area contributed by atoms with Gasteiger partial charge in [0.1, 0.15) is 0 Å². The minimum Gasteiger partial charge on any atom is -0.245 e. The molecule has 0 bridgehead atoms. The highest BCUT2D eigenvalue weighted by Gasteiger charge is 2.32. The van der Waals surface area contributed by atoms with Crippen molar-refractivity contribution in [2.45, 2.75) is 29.1 Å². The second-order valence-corrected chi connectivity index (χ2v) is 12.9. The number of nitrogens with zero attached hydrogens (tertiary/aromatic N) is 3. The lowest BCUT2D eigenvalue weighted by atomic mass is 9.77. The van der Waals surface area contributed by atoms with Crippen LogP contribution in [-0.2, 0) is 5.41 Å². The summed E-state index contributed by atoms with van der Waals surface area (Å²) in [4.78, 5) is 12.9. The lowest BCUT2D eigenvalue weighted by molar-refractivity contribution is 0.607. The van der Waals surface area contributed by atoms with Crippen molar-refractivity contribution in [1.29, 1.82) is 5.26 Å².